The van der Waals surface area contributed by atoms with Gasteiger partial charge in [-0.3, -0.25) is 9.48 Å². The number of carbonyl (C=O) groups is 1. The van der Waals surface area contributed by atoms with Gasteiger partial charge in [-0.1, -0.05) is 43.3 Å². The monoisotopic (exact) mass is 348 g/mol. The Hall–Kier alpha value is -3.21. The number of para-hydroxylation sites is 1. The van der Waals surface area contributed by atoms with Crippen molar-refractivity contribution < 1.29 is 13.6 Å². The van der Waals surface area contributed by atoms with Crippen molar-refractivity contribution >= 4 is 16.7 Å². The molecule has 2 heterocycles. The van der Waals surface area contributed by atoms with Crippen molar-refractivity contribution in [1.82, 2.24) is 9.78 Å². The molecule has 4 aromatic rings. The van der Waals surface area contributed by atoms with Gasteiger partial charge in [-0.15, -0.1) is 0 Å². The van der Waals surface area contributed by atoms with Crippen LogP contribution in [0.3, 0.4) is 0 Å². The van der Waals surface area contributed by atoms with Crippen molar-refractivity contribution in [2.45, 2.75) is 19.9 Å². The van der Waals surface area contributed by atoms with Crippen LogP contribution in [0.4, 0.5) is 4.39 Å². The first-order valence-corrected chi connectivity index (χ1v) is 8.49. The van der Waals surface area contributed by atoms with Crippen LogP contribution in [-0.4, -0.2) is 15.6 Å². The molecule has 0 atom stereocenters. The molecule has 0 radical (unpaired) electrons. The molecule has 0 amide bonds. The third kappa shape index (κ3) is 2.81. The zero-order valence-corrected chi connectivity index (χ0v) is 14.3. The topological polar surface area (TPSA) is 48.0 Å². The molecular weight excluding hydrogens is 331 g/mol. The largest absolute Gasteiger partial charge is 0.451 e. The summed E-state index contributed by atoms with van der Waals surface area (Å²) in [5.74, 6) is 0.550. The lowest BCUT2D eigenvalue weighted by Gasteiger charge is -2.04. The number of aromatic nitrogens is 2. The summed E-state index contributed by atoms with van der Waals surface area (Å²) >= 11 is 0. The third-order valence-corrected chi connectivity index (χ3v) is 4.37. The van der Waals surface area contributed by atoms with Gasteiger partial charge < -0.3 is 4.42 Å². The lowest BCUT2D eigenvalue weighted by Crippen LogP contribution is -2.03. The first-order chi connectivity index (χ1) is 12.7. The van der Waals surface area contributed by atoms with E-state index in [0.29, 0.717) is 35.7 Å². The molecule has 0 fully saturated rings. The van der Waals surface area contributed by atoms with Gasteiger partial charge in [0.1, 0.15) is 11.5 Å². The maximum Gasteiger partial charge on any atom is 0.197 e. The van der Waals surface area contributed by atoms with Crippen molar-refractivity contribution in [2.75, 3.05) is 0 Å². The summed E-state index contributed by atoms with van der Waals surface area (Å²) in [5.41, 5.74) is 2.09. The minimum atomic E-state index is -0.262. The van der Waals surface area contributed by atoms with Gasteiger partial charge in [-0.25, -0.2) is 4.39 Å². The minimum Gasteiger partial charge on any atom is -0.451 e. The number of ketones is 1. The Balaban J connectivity index is 1.80. The van der Waals surface area contributed by atoms with E-state index in [1.165, 1.54) is 6.07 Å². The first kappa shape index (κ1) is 16.3. The van der Waals surface area contributed by atoms with E-state index in [1.807, 2.05) is 24.3 Å². The number of hydrogen-bond donors (Lipinski definition) is 0. The van der Waals surface area contributed by atoms with Crippen LogP contribution >= 0.6 is 0 Å². The second-order valence-corrected chi connectivity index (χ2v) is 6.06. The number of fused-ring (bicyclic) bond motifs is 1. The molecule has 0 aliphatic carbocycles. The average Bonchev–Trinajstić information content (AvgIpc) is 3.28. The maximum atomic E-state index is 14.0. The molecule has 5 heteroatoms. The molecule has 2 aromatic carbocycles. The molecule has 0 saturated heterocycles. The number of halogens is 1. The van der Waals surface area contributed by atoms with E-state index < -0.39 is 0 Å². The zero-order chi connectivity index (χ0) is 18.1. The van der Waals surface area contributed by atoms with Crippen LogP contribution in [-0.2, 0) is 6.54 Å². The predicted octanol–water partition coefficient (Wildman–Crippen LogP) is 5.08. The van der Waals surface area contributed by atoms with Crippen molar-refractivity contribution in [2.24, 2.45) is 0 Å². The van der Waals surface area contributed by atoms with E-state index in [0.717, 1.165) is 10.9 Å². The molecular formula is C21H17FN2O2. The summed E-state index contributed by atoms with van der Waals surface area (Å²) < 4.78 is 21.5. The van der Waals surface area contributed by atoms with E-state index in [-0.39, 0.29) is 11.6 Å². The van der Waals surface area contributed by atoms with Crippen molar-refractivity contribution in [3.8, 4) is 11.5 Å². The molecule has 0 saturated carbocycles. The molecule has 4 nitrogen and oxygen atoms in total. The summed E-state index contributed by atoms with van der Waals surface area (Å²) in [6.07, 6.45) is 0.384. The highest BCUT2D eigenvalue weighted by molar-refractivity contribution is 5.95. The summed E-state index contributed by atoms with van der Waals surface area (Å²) in [6.45, 7) is 2.11. The predicted molar refractivity (Wildman–Crippen MR) is 97.6 cm³/mol. The van der Waals surface area contributed by atoms with Crippen LogP contribution in [0.1, 0.15) is 29.5 Å². The molecule has 4 rings (SSSR count). The SMILES string of the molecule is CCC(=O)c1ccc(-c2nn(Cc3ccccc3F)c3ccccc23)o1. The fourth-order valence-corrected chi connectivity index (χ4v) is 3.01. The van der Waals surface area contributed by atoms with Crippen LogP contribution in [0.25, 0.3) is 22.4 Å². The number of nitrogens with zero attached hydrogens (tertiary/aromatic N) is 2. The van der Waals surface area contributed by atoms with Crippen LogP contribution in [0, 0.1) is 5.82 Å². The summed E-state index contributed by atoms with van der Waals surface area (Å²) in [7, 11) is 0. The molecule has 2 aromatic heterocycles. The number of carbonyl (C=O) groups excluding carboxylic acids is 1. The highest BCUT2D eigenvalue weighted by atomic mass is 19.1. The molecule has 0 aliphatic heterocycles. The number of benzene rings is 2. The molecule has 0 aliphatic rings. The van der Waals surface area contributed by atoms with E-state index in [4.69, 9.17) is 4.42 Å². The number of furan rings is 1. The Morgan fingerprint density at radius 1 is 1.08 bits per heavy atom. The molecule has 0 bridgehead atoms. The summed E-state index contributed by atoms with van der Waals surface area (Å²) in [4.78, 5) is 11.8. The average molecular weight is 348 g/mol. The highest BCUT2D eigenvalue weighted by Crippen LogP contribution is 2.30. The van der Waals surface area contributed by atoms with Gasteiger partial charge in [0.2, 0.25) is 0 Å². The quantitative estimate of drug-likeness (QED) is 0.473. The smallest absolute Gasteiger partial charge is 0.197 e. The van der Waals surface area contributed by atoms with Crippen molar-refractivity contribution in [1.29, 1.82) is 0 Å². The Labute approximate surface area is 149 Å². The van der Waals surface area contributed by atoms with E-state index in [2.05, 4.69) is 5.10 Å². The van der Waals surface area contributed by atoms with Gasteiger partial charge in [0.15, 0.2) is 17.3 Å². The Bertz CT molecular complexity index is 1090. The van der Waals surface area contributed by atoms with Gasteiger partial charge in [0.25, 0.3) is 0 Å². The van der Waals surface area contributed by atoms with Gasteiger partial charge in [0, 0.05) is 17.4 Å². The van der Waals surface area contributed by atoms with E-state index >= 15 is 0 Å². The standard InChI is InChI=1S/C21H17FN2O2/c1-2-18(25)19-11-12-20(26-19)21-15-8-4-6-10-17(15)24(23-21)13-14-7-3-5-9-16(14)22/h3-12H,2,13H2,1H3. The number of hydrogen-bond acceptors (Lipinski definition) is 3. The Morgan fingerprint density at radius 2 is 1.85 bits per heavy atom. The van der Waals surface area contributed by atoms with Crippen molar-refractivity contribution in [3.63, 3.8) is 0 Å². The normalized spacial score (nSPS) is 11.2. The fourth-order valence-electron chi connectivity index (χ4n) is 3.01. The van der Waals surface area contributed by atoms with Crippen LogP contribution in [0.15, 0.2) is 65.1 Å². The van der Waals surface area contributed by atoms with Gasteiger partial charge in [-0.2, -0.15) is 5.10 Å². The van der Waals surface area contributed by atoms with Gasteiger partial charge >= 0.3 is 0 Å². The van der Waals surface area contributed by atoms with Crippen LogP contribution < -0.4 is 0 Å². The van der Waals surface area contributed by atoms with Gasteiger partial charge in [-0.05, 0) is 24.3 Å². The lowest BCUT2D eigenvalue weighted by molar-refractivity contribution is 0.0962. The lowest BCUT2D eigenvalue weighted by atomic mass is 10.1. The second-order valence-electron chi connectivity index (χ2n) is 6.06. The first-order valence-electron chi connectivity index (χ1n) is 8.49. The minimum absolute atomic E-state index is 0.0497. The van der Waals surface area contributed by atoms with Crippen LogP contribution in [0.5, 0.6) is 0 Å². The third-order valence-electron chi connectivity index (χ3n) is 4.37. The Morgan fingerprint density at radius 3 is 2.65 bits per heavy atom. The number of Topliss-reactive ketones (excluding diaryl/α,β-unsaturated/α-hetero) is 1. The molecule has 26 heavy (non-hydrogen) atoms. The molecule has 0 N–H and O–H groups in total. The summed E-state index contributed by atoms with van der Waals surface area (Å²) in [5, 5.41) is 5.54. The van der Waals surface area contributed by atoms with Gasteiger partial charge in [0.05, 0.1) is 12.1 Å². The molecule has 0 unspecified atom stereocenters. The molecule has 0 spiro atoms. The zero-order valence-electron chi connectivity index (χ0n) is 14.3. The fraction of sp³-hybridized carbons (Fsp3) is 0.143. The van der Waals surface area contributed by atoms with E-state index in [1.54, 1.807) is 41.9 Å². The number of rotatable bonds is 5. The Kier molecular flexibility index (Phi) is 4.13. The van der Waals surface area contributed by atoms with Crippen LogP contribution in [0.2, 0.25) is 0 Å². The molecule has 130 valence electrons. The van der Waals surface area contributed by atoms with Crippen molar-refractivity contribution in [3.05, 3.63) is 77.8 Å². The summed E-state index contributed by atoms with van der Waals surface area (Å²) in [6, 6.07) is 17.8. The van der Waals surface area contributed by atoms with E-state index in [9.17, 15) is 9.18 Å². The second kappa shape index (κ2) is 6.59. The highest BCUT2D eigenvalue weighted by Gasteiger charge is 2.17. The maximum absolute atomic E-state index is 14.0.